The van der Waals surface area contributed by atoms with E-state index in [0.717, 1.165) is 25.0 Å². The number of hydrogen-bond donors (Lipinski definition) is 1. The highest BCUT2D eigenvalue weighted by atomic mass is 16.5. The maximum Gasteiger partial charge on any atom is 0.105 e. The van der Waals surface area contributed by atoms with Crippen LogP contribution in [0.1, 0.15) is 54.9 Å². The highest BCUT2D eigenvalue weighted by Gasteiger charge is 2.24. The Labute approximate surface area is 109 Å². The number of aliphatic hydroxyl groups excluding tert-OH is 1. The van der Waals surface area contributed by atoms with Gasteiger partial charge in [0.15, 0.2) is 0 Å². The summed E-state index contributed by atoms with van der Waals surface area (Å²) in [7, 11) is 0. The highest BCUT2D eigenvalue weighted by molar-refractivity contribution is 5.35. The van der Waals surface area contributed by atoms with Gasteiger partial charge in [-0.05, 0) is 61.6 Å². The topological polar surface area (TPSA) is 29.5 Å². The van der Waals surface area contributed by atoms with Crippen molar-refractivity contribution in [1.82, 2.24) is 0 Å². The summed E-state index contributed by atoms with van der Waals surface area (Å²) in [5.41, 5.74) is 3.96. The maximum absolute atomic E-state index is 10.4. The van der Waals surface area contributed by atoms with Crippen LogP contribution in [0, 0.1) is 0 Å². The van der Waals surface area contributed by atoms with Gasteiger partial charge in [0.25, 0.3) is 0 Å². The molecule has 1 N–H and O–H groups in total. The van der Waals surface area contributed by atoms with E-state index in [0.29, 0.717) is 0 Å². The second-order valence-electron chi connectivity index (χ2n) is 5.59. The lowest BCUT2D eigenvalue weighted by atomic mass is 9.88. The quantitative estimate of drug-likeness (QED) is 0.868. The van der Waals surface area contributed by atoms with Gasteiger partial charge in [-0.25, -0.2) is 0 Å². The van der Waals surface area contributed by atoms with E-state index in [1.54, 1.807) is 0 Å². The van der Waals surface area contributed by atoms with Gasteiger partial charge >= 0.3 is 0 Å². The molecular formula is C16H22O2. The van der Waals surface area contributed by atoms with E-state index in [-0.39, 0.29) is 6.10 Å². The average molecular weight is 246 g/mol. The summed E-state index contributed by atoms with van der Waals surface area (Å²) in [6, 6.07) is 6.50. The second kappa shape index (κ2) is 5.41. The Morgan fingerprint density at radius 1 is 1.06 bits per heavy atom. The number of rotatable bonds is 2. The van der Waals surface area contributed by atoms with Crippen LogP contribution in [-0.2, 0) is 17.6 Å². The Morgan fingerprint density at radius 3 is 2.67 bits per heavy atom. The highest BCUT2D eigenvalue weighted by Crippen LogP contribution is 2.29. The zero-order chi connectivity index (χ0) is 12.4. The number of fused-ring (bicyclic) bond motifs is 1. The largest absolute Gasteiger partial charge is 0.386 e. The minimum absolute atomic E-state index is 0.000362. The Bertz CT molecular complexity index is 408. The Kier molecular flexibility index (Phi) is 3.67. The summed E-state index contributed by atoms with van der Waals surface area (Å²) in [4.78, 5) is 0. The molecule has 1 aliphatic heterocycles. The molecule has 0 aromatic heterocycles. The Hall–Kier alpha value is -0.860. The number of aryl methyl sites for hydroxylation is 2. The molecule has 1 heterocycles. The molecule has 1 saturated heterocycles. The van der Waals surface area contributed by atoms with Crippen molar-refractivity contribution in [3.63, 3.8) is 0 Å². The van der Waals surface area contributed by atoms with Gasteiger partial charge < -0.3 is 9.84 Å². The number of aliphatic hydroxyl groups is 1. The molecule has 2 nitrogen and oxygen atoms in total. The molecule has 0 amide bonds. The molecule has 0 saturated carbocycles. The first kappa shape index (κ1) is 12.2. The second-order valence-corrected chi connectivity index (χ2v) is 5.59. The monoisotopic (exact) mass is 246 g/mol. The average Bonchev–Trinajstić information content (AvgIpc) is 2.47. The van der Waals surface area contributed by atoms with Crippen molar-refractivity contribution in [2.24, 2.45) is 0 Å². The first-order valence-corrected chi connectivity index (χ1v) is 7.26. The predicted octanol–water partition coefficient (Wildman–Crippen LogP) is 3.17. The molecule has 98 valence electrons. The molecule has 2 unspecified atom stereocenters. The molecule has 0 radical (unpaired) electrons. The van der Waals surface area contributed by atoms with Crippen LogP contribution in [0.15, 0.2) is 18.2 Å². The van der Waals surface area contributed by atoms with Gasteiger partial charge in [0.2, 0.25) is 0 Å². The number of ether oxygens (including phenoxy) is 1. The van der Waals surface area contributed by atoms with Crippen molar-refractivity contribution in [2.75, 3.05) is 6.61 Å². The van der Waals surface area contributed by atoms with Gasteiger partial charge in [0.05, 0.1) is 6.10 Å². The Balaban J connectivity index is 1.78. The summed E-state index contributed by atoms with van der Waals surface area (Å²) >= 11 is 0. The van der Waals surface area contributed by atoms with Crippen molar-refractivity contribution in [1.29, 1.82) is 0 Å². The first-order chi connectivity index (χ1) is 8.84. The van der Waals surface area contributed by atoms with Crippen molar-refractivity contribution < 1.29 is 9.84 Å². The SMILES string of the molecule is OC(c1ccc2c(c1)CCCC2)C1CCCCO1. The fourth-order valence-corrected chi connectivity index (χ4v) is 3.17. The van der Waals surface area contributed by atoms with Crippen molar-refractivity contribution in [3.05, 3.63) is 34.9 Å². The lowest BCUT2D eigenvalue weighted by Crippen LogP contribution is -2.26. The Morgan fingerprint density at radius 2 is 1.89 bits per heavy atom. The normalized spacial score (nSPS) is 25.5. The van der Waals surface area contributed by atoms with Gasteiger partial charge in [-0.15, -0.1) is 0 Å². The molecule has 1 aliphatic carbocycles. The fraction of sp³-hybridized carbons (Fsp3) is 0.625. The van der Waals surface area contributed by atoms with E-state index < -0.39 is 6.10 Å². The van der Waals surface area contributed by atoms with Crippen molar-refractivity contribution in [2.45, 2.75) is 57.2 Å². The molecular weight excluding hydrogens is 224 g/mol. The molecule has 1 fully saturated rings. The molecule has 0 spiro atoms. The van der Waals surface area contributed by atoms with Crippen molar-refractivity contribution in [3.8, 4) is 0 Å². The van der Waals surface area contributed by atoms with Gasteiger partial charge in [0, 0.05) is 6.61 Å². The third kappa shape index (κ3) is 2.45. The minimum atomic E-state index is -0.447. The van der Waals surface area contributed by atoms with Crippen molar-refractivity contribution >= 4 is 0 Å². The van der Waals surface area contributed by atoms with Crippen LogP contribution in [0.2, 0.25) is 0 Å². The van der Waals surface area contributed by atoms with E-state index in [1.807, 2.05) is 0 Å². The smallest absolute Gasteiger partial charge is 0.105 e. The zero-order valence-corrected chi connectivity index (χ0v) is 10.9. The minimum Gasteiger partial charge on any atom is -0.386 e. The molecule has 3 rings (SSSR count). The molecule has 1 aromatic carbocycles. The third-order valence-corrected chi connectivity index (χ3v) is 4.28. The van der Waals surface area contributed by atoms with Crippen LogP contribution in [0.5, 0.6) is 0 Å². The van der Waals surface area contributed by atoms with E-state index in [1.165, 1.54) is 43.2 Å². The van der Waals surface area contributed by atoms with Crippen LogP contribution in [0.25, 0.3) is 0 Å². The summed E-state index contributed by atoms with van der Waals surface area (Å²) in [5.74, 6) is 0. The van der Waals surface area contributed by atoms with Gasteiger partial charge in [-0.2, -0.15) is 0 Å². The van der Waals surface area contributed by atoms with Crippen LogP contribution in [0.3, 0.4) is 0 Å². The molecule has 0 bridgehead atoms. The lowest BCUT2D eigenvalue weighted by Gasteiger charge is -2.28. The van der Waals surface area contributed by atoms with Crippen LogP contribution in [0.4, 0.5) is 0 Å². The number of hydrogen-bond acceptors (Lipinski definition) is 2. The molecule has 2 atom stereocenters. The first-order valence-electron chi connectivity index (χ1n) is 7.26. The van der Waals surface area contributed by atoms with E-state index in [9.17, 15) is 5.11 Å². The summed E-state index contributed by atoms with van der Waals surface area (Å²) in [5, 5.41) is 10.4. The summed E-state index contributed by atoms with van der Waals surface area (Å²) < 4.78 is 5.69. The van der Waals surface area contributed by atoms with Gasteiger partial charge in [-0.1, -0.05) is 18.2 Å². The van der Waals surface area contributed by atoms with E-state index >= 15 is 0 Å². The molecule has 2 heteroatoms. The van der Waals surface area contributed by atoms with Gasteiger partial charge in [0.1, 0.15) is 6.10 Å². The van der Waals surface area contributed by atoms with Gasteiger partial charge in [-0.3, -0.25) is 0 Å². The lowest BCUT2D eigenvalue weighted by molar-refractivity contribution is -0.0633. The van der Waals surface area contributed by atoms with Crippen LogP contribution in [-0.4, -0.2) is 17.8 Å². The summed E-state index contributed by atoms with van der Waals surface area (Å²) in [6.07, 6.45) is 7.80. The fourth-order valence-electron chi connectivity index (χ4n) is 3.17. The predicted molar refractivity (Wildman–Crippen MR) is 71.6 cm³/mol. The third-order valence-electron chi connectivity index (χ3n) is 4.28. The summed E-state index contributed by atoms with van der Waals surface area (Å²) in [6.45, 7) is 0.798. The standard InChI is InChI=1S/C16H22O2/c17-16(15-7-3-4-10-18-15)14-9-8-12-5-1-2-6-13(12)11-14/h8-9,11,15-17H,1-7,10H2. The molecule has 1 aromatic rings. The zero-order valence-electron chi connectivity index (χ0n) is 10.9. The van der Waals surface area contributed by atoms with Crippen LogP contribution >= 0.6 is 0 Å². The van der Waals surface area contributed by atoms with E-state index in [2.05, 4.69) is 18.2 Å². The molecule has 18 heavy (non-hydrogen) atoms. The number of benzene rings is 1. The van der Waals surface area contributed by atoms with E-state index in [4.69, 9.17) is 4.74 Å². The maximum atomic E-state index is 10.4. The van der Waals surface area contributed by atoms with Crippen LogP contribution < -0.4 is 0 Å². The molecule has 2 aliphatic rings.